The lowest BCUT2D eigenvalue weighted by Crippen LogP contribution is -2.39. The molecule has 2 aliphatic rings. The summed E-state index contributed by atoms with van der Waals surface area (Å²) in [6, 6.07) is -0.414. The minimum atomic E-state index is -4.29. The first-order chi connectivity index (χ1) is 6.48. The predicted octanol–water partition coefficient (Wildman–Crippen LogP) is 0.994. The van der Waals surface area contributed by atoms with Crippen LogP contribution in [0.25, 0.3) is 0 Å². The molecule has 2 aliphatic heterocycles. The molecule has 3 atom stereocenters. The van der Waals surface area contributed by atoms with Gasteiger partial charge in [0.25, 0.3) is 0 Å². The summed E-state index contributed by atoms with van der Waals surface area (Å²) in [5, 5.41) is 0.359. The van der Waals surface area contributed by atoms with Crippen LogP contribution in [0.3, 0.4) is 0 Å². The third-order valence-electron chi connectivity index (χ3n) is 2.37. The van der Waals surface area contributed by atoms with Crippen molar-refractivity contribution >= 4 is 16.9 Å². The van der Waals surface area contributed by atoms with Gasteiger partial charge in [0, 0.05) is 11.7 Å². The monoisotopic (exact) mass is 226 g/mol. The van der Waals surface area contributed by atoms with Gasteiger partial charge < -0.3 is 10.5 Å². The Morgan fingerprint density at radius 2 is 2.21 bits per heavy atom. The van der Waals surface area contributed by atoms with Gasteiger partial charge in [-0.2, -0.15) is 13.2 Å². The van der Waals surface area contributed by atoms with E-state index in [0.29, 0.717) is 10.9 Å². The Balaban J connectivity index is 2.14. The largest absolute Gasteiger partial charge is 0.415 e. The molecule has 7 heteroatoms. The van der Waals surface area contributed by atoms with Crippen LogP contribution in [0.15, 0.2) is 4.99 Å². The zero-order chi connectivity index (χ0) is 10.3. The van der Waals surface area contributed by atoms with E-state index in [2.05, 4.69) is 4.99 Å². The number of rotatable bonds is 0. The molecule has 2 rings (SSSR count). The summed E-state index contributed by atoms with van der Waals surface area (Å²) < 4.78 is 42.0. The second-order valence-corrected chi connectivity index (χ2v) is 4.35. The summed E-state index contributed by atoms with van der Waals surface area (Å²) in [6.45, 7) is 0.0239. The number of thioether (sulfide) groups is 1. The van der Waals surface area contributed by atoms with E-state index in [-0.39, 0.29) is 6.61 Å². The highest BCUT2D eigenvalue weighted by molar-refractivity contribution is 8.13. The van der Waals surface area contributed by atoms with Crippen molar-refractivity contribution in [3.8, 4) is 0 Å². The lowest BCUT2D eigenvalue weighted by atomic mass is 9.99. The van der Waals surface area contributed by atoms with Crippen molar-refractivity contribution < 1.29 is 17.9 Å². The van der Waals surface area contributed by atoms with E-state index in [4.69, 9.17) is 10.5 Å². The molecule has 0 aromatic carbocycles. The molecule has 80 valence electrons. The van der Waals surface area contributed by atoms with E-state index in [1.165, 1.54) is 0 Å². The highest BCUT2D eigenvalue weighted by atomic mass is 32.2. The van der Waals surface area contributed by atoms with Gasteiger partial charge in [-0.1, -0.05) is 11.8 Å². The highest BCUT2D eigenvalue weighted by Gasteiger charge is 2.53. The van der Waals surface area contributed by atoms with Gasteiger partial charge in [-0.25, -0.2) is 0 Å². The molecular weight excluding hydrogens is 217 g/mol. The zero-order valence-electron chi connectivity index (χ0n) is 7.12. The quantitative estimate of drug-likeness (QED) is 0.670. The van der Waals surface area contributed by atoms with Crippen LogP contribution in [0.2, 0.25) is 0 Å². The van der Waals surface area contributed by atoms with Gasteiger partial charge in [0.2, 0.25) is 0 Å². The third kappa shape index (κ3) is 1.70. The van der Waals surface area contributed by atoms with Crippen molar-refractivity contribution in [1.82, 2.24) is 0 Å². The van der Waals surface area contributed by atoms with Crippen LogP contribution < -0.4 is 5.73 Å². The van der Waals surface area contributed by atoms with Gasteiger partial charge in [-0.05, 0) is 0 Å². The standard InChI is InChI=1S/C7H9F3N2OS/c8-7(9,10)5-3-2-14-6(11)12-4(3)1-13-5/h3-5H,1-2H2,(H2,11,12)/t3-,4+,5-/m0/s1. The molecule has 0 radical (unpaired) electrons. The van der Waals surface area contributed by atoms with Crippen LogP contribution >= 0.6 is 11.8 Å². The number of fused-ring (bicyclic) bond motifs is 1. The summed E-state index contributed by atoms with van der Waals surface area (Å²) in [7, 11) is 0. The van der Waals surface area contributed by atoms with Crippen LogP contribution in [0.1, 0.15) is 0 Å². The van der Waals surface area contributed by atoms with Crippen molar-refractivity contribution in [1.29, 1.82) is 0 Å². The third-order valence-corrected chi connectivity index (χ3v) is 3.32. The molecule has 0 saturated carbocycles. The maximum absolute atomic E-state index is 12.4. The van der Waals surface area contributed by atoms with Crippen LogP contribution in [0.5, 0.6) is 0 Å². The van der Waals surface area contributed by atoms with Gasteiger partial charge in [0.15, 0.2) is 11.3 Å². The molecular formula is C7H9F3N2OS. The molecule has 0 amide bonds. The summed E-state index contributed by atoms with van der Waals surface area (Å²) >= 11 is 1.16. The lowest BCUT2D eigenvalue weighted by molar-refractivity contribution is -0.214. The van der Waals surface area contributed by atoms with E-state index in [9.17, 15) is 13.2 Å². The van der Waals surface area contributed by atoms with E-state index in [1.807, 2.05) is 0 Å². The fourth-order valence-corrected chi connectivity index (χ4v) is 2.67. The van der Waals surface area contributed by atoms with Crippen molar-refractivity contribution in [2.75, 3.05) is 12.4 Å². The lowest BCUT2D eigenvalue weighted by Gasteiger charge is -2.25. The molecule has 1 saturated heterocycles. The van der Waals surface area contributed by atoms with Crippen molar-refractivity contribution in [3.05, 3.63) is 0 Å². The molecule has 3 nitrogen and oxygen atoms in total. The van der Waals surface area contributed by atoms with Crippen molar-refractivity contribution in [2.24, 2.45) is 16.6 Å². The smallest absolute Gasteiger partial charge is 0.379 e. The Hall–Kier alpha value is -0.430. The molecule has 2 heterocycles. The second-order valence-electron chi connectivity index (χ2n) is 3.31. The Labute approximate surface area is 82.9 Å². The van der Waals surface area contributed by atoms with Crippen LogP contribution in [0, 0.1) is 5.92 Å². The summed E-state index contributed by atoms with van der Waals surface area (Å²) in [5.74, 6) is -0.239. The molecule has 14 heavy (non-hydrogen) atoms. The molecule has 0 aromatic heterocycles. The van der Waals surface area contributed by atoms with Crippen LogP contribution in [-0.2, 0) is 4.74 Å². The second kappa shape index (κ2) is 3.30. The number of amidine groups is 1. The molecule has 0 aliphatic carbocycles. The number of alkyl halides is 3. The fourth-order valence-electron chi connectivity index (χ4n) is 1.70. The minimum absolute atomic E-state index is 0.0239. The van der Waals surface area contributed by atoms with Gasteiger partial charge in [0.1, 0.15) is 0 Å². The number of nitrogens with zero attached hydrogens (tertiary/aromatic N) is 1. The topological polar surface area (TPSA) is 47.6 Å². The normalized spacial score (nSPS) is 37.9. The van der Waals surface area contributed by atoms with Gasteiger partial charge in [0.05, 0.1) is 12.6 Å². The summed E-state index contributed by atoms with van der Waals surface area (Å²) in [4.78, 5) is 3.94. The fraction of sp³-hybridized carbons (Fsp3) is 0.857. The highest BCUT2D eigenvalue weighted by Crippen LogP contribution is 2.39. The Morgan fingerprint density at radius 3 is 2.86 bits per heavy atom. The minimum Gasteiger partial charge on any atom is -0.379 e. The number of aliphatic imine (C=N–C) groups is 1. The molecule has 1 fully saturated rings. The van der Waals surface area contributed by atoms with E-state index in [1.54, 1.807) is 0 Å². The summed E-state index contributed by atoms with van der Waals surface area (Å²) in [5.41, 5.74) is 5.42. The number of nitrogens with two attached hydrogens (primary N) is 1. The SMILES string of the molecule is NC1=N[C@@H]2CO[C@H](C(F)(F)F)[C@H]2CS1. The molecule has 0 spiro atoms. The van der Waals surface area contributed by atoms with Crippen molar-refractivity contribution in [3.63, 3.8) is 0 Å². The van der Waals surface area contributed by atoms with E-state index < -0.39 is 24.2 Å². The van der Waals surface area contributed by atoms with Gasteiger partial charge >= 0.3 is 6.18 Å². The molecule has 0 aromatic rings. The van der Waals surface area contributed by atoms with Gasteiger partial charge in [-0.15, -0.1) is 0 Å². The van der Waals surface area contributed by atoms with Gasteiger partial charge in [-0.3, -0.25) is 4.99 Å². The number of ether oxygens (including phenoxy) is 1. The molecule has 2 N–H and O–H groups in total. The Kier molecular flexibility index (Phi) is 2.38. The molecule has 0 bridgehead atoms. The average molecular weight is 226 g/mol. The first-order valence-electron chi connectivity index (χ1n) is 4.13. The zero-order valence-corrected chi connectivity index (χ0v) is 7.94. The van der Waals surface area contributed by atoms with Crippen LogP contribution in [0.4, 0.5) is 13.2 Å². The predicted molar refractivity (Wildman–Crippen MR) is 47.2 cm³/mol. The first-order valence-corrected chi connectivity index (χ1v) is 5.11. The number of hydrogen-bond donors (Lipinski definition) is 1. The van der Waals surface area contributed by atoms with Crippen LogP contribution in [-0.4, -0.2) is 35.8 Å². The molecule has 0 unspecified atom stereocenters. The Bertz CT molecular complexity index is 268. The Morgan fingerprint density at radius 1 is 1.50 bits per heavy atom. The number of halogens is 3. The first kappa shape index (κ1) is 10.1. The van der Waals surface area contributed by atoms with E-state index >= 15 is 0 Å². The van der Waals surface area contributed by atoms with Crippen molar-refractivity contribution in [2.45, 2.75) is 18.3 Å². The average Bonchev–Trinajstić information content (AvgIpc) is 2.45. The van der Waals surface area contributed by atoms with E-state index in [0.717, 1.165) is 11.8 Å². The number of hydrogen-bond acceptors (Lipinski definition) is 4. The maximum Gasteiger partial charge on any atom is 0.415 e. The summed E-state index contributed by atoms with van der Waals surface area (Å²) in [6.07, 6.45) is -5.96. The maximum atomic E-state index is 12.4.